The van der Waals surface area contributed by atoms with Crippen LogP contribution in [-0.2, 0) is 9.84 Å². The Morgan fingerprint density at radius 3 is 2.06 bits per heavy atom. The van der Waals surface area contributed by atoms with Gasteiger partial charge in [0.05, 0.1) is 18.5 Å². The lowest BCUT2D eigenvalue weighted by Crippen LogP contribution is -2.22. The van der Waals surface area contributed by atoms with Gasteiger partial charge in [-0.25, -0.2) is 8.42 Å². The molecule has 18 heavy (non-hydrogen) atoms. The molecular weight excluding hydrogens is 276 g/mol. The maximum atomic E-state index is 11.7. The molecule has 0 aliphatic heterocycles. The highest BCUT2D eigenvalue weighted by molar-refractivity contribution is 7.91. The lowest BCUT2D eigenvalue weighted by molar-refractivity contribution is 0.130. The van der Waals surface area contributed by atoms with Crippen LogP contribution in [0.1, 0.15) is 11.5 Å². The zero-order valence-electron chi connectivity index (χ0n) is 9.88. The number of rotatable bonds is 4. The van der Waals surface area contributed by atoms with Gasteiger partial charge in [-0.1, -0.05) is 23.7 Å². The summed E-state index contributed by atoms with van der Waals surface area (Å²) in [6.45, 7) is -0.705. The van der Waals surface area contributed by atoms with Crippen molar-refractivity contribution in [3.8, 4) is 0 Å². The number of sulfone groups is 1. The van der Waals surface area contributed by atoms with E-state index in [9.17, 15) is 18.6 Å². The Bertz CT molecular complexity index is 534. The van der Waals surface area contributed by atoms with Gasteiger partial charge in [-0.05, 0) is 17.7 Å². The minimum Gasteiger partial charge on any atom is -0.396 e. The third kappa shape index (κ3) is 2.05. The van der Waals surface area contributed by atoms with Gasteiger partial charge in [0, 0.05) is 22.6 Å². The highest BCUT2D eigenvalue weighted by atomic mass is 35.5. The standard InChI is InChI=1S/C12H15ClO4S/c1-18(16,17)11-10(12(11,6-14)7-15)8-2-4-9(13)5-3-8/h2-5,10-11,14-15H,6-7H2,1H3/t10-,11+/m0/s1. The molecule has 2 rings (SSSR count). The van der Waals surface area contributed by atoms with Crippen LogP contribution in [0.2, 0.25) is 5.02 Å². The monoisotopic (exact) mass is 290 g/mol. The number of halogens is 1. The first kappa shape index (κ1) is 13.8. The van der Waals surface area contributed by atoms with Crippen molar-refractivity contribution in [2.24, 2.45) is 5.41 Å². The van der Waals surface area contributed by atoms with E-state index in [0.29, 0.717) is 5.02 Å². The molecule has 100 valence electrons. The first-order chi connectivity index (χ1) is 8.36. The Hall–Kier alpha value is -0.620. The van der Waals surface area contributed by atoms with Crippen LogP contribution in [0.4, 0.5) is 0 Å². The molecule has 4 nitrogen and oxygen atoms in total. The summed E-state index contributed by atoms with van der Waals surface area (Å²) in [5.74, 6) is -0.375. The Kier molecular flexibility index (Phi) is 3.44. The maximum Gasteiger partial charge on any atom is 0.151 e. The molecule has 0 spiro atoms. The van der Waals surface area contributed by atoms with Gasteiger partial charge in [-0.15, -0.1) is 0 Å². The summed E-state index contributed by atoms with van der Waals surface area (Å²) in [6.07, 6.45) is 1.13. The third-order valence-electron chi connectivity index (χ3n) is 3.66. The van der Waals surface area contributed by atoms with Crippen LogP contribution in [0.25, 0.3) is 0 Å². The van der Waals surface area contributed by atoms with Crippen molar-refractivity contribution < 1.29 is 18.6 Å². The Morgan fingerprint density at radius 2 is 1.72 bits per heavy atom. The number of aliphatic hydroxyl groups is 2. The summed E-state index contributed by atoms with van der Waals surface area (Å²) >= 11 is 5.78. The number of hydrogen-bond donors (Lipinski definition) is 2. The molecule has 2 atom stereocenters. The molecule has 1 aliphatic rings. The van der Waals surface area contributed by atoms with Crippen LogP contribution in [0.5, 0.6) is 0 Å². The van der Waals surface area contributed by atoms with E-state index < -0.39 is 20.5 Å². The zero-order chi connectivity index (χ0) is 13.6. The third-order valence-corrected chi connectivity index (χ3v) is 5.57. The molecule has 0 saturated heterocycles. The van der Waals surface area contributed by atoms with E-state index >= 15 is 0 Å². The van der Waals surface area contributed by atoms with Crippen molar-refractivity contribution in [1.82, 2.24) is 0 Å². The number of benzene rings is 1. The van der Waals surface area contributed by atoms with E-state index in [-0.39, 0.29) is 19.1 Å². The van der Waals surface area contributed by atoms with Crippen LogP contribution in [0.3, 0.4) is 0 Å². The van der Waals surface area contributed by atoms with Gasteiger partial charge in [0.1, 0.15) is 0 Å². The molecule has 6 heteroatoms. The van der Waals surface area contributed by atoms with Crippen LogP contribution >= 0.6 is 11.6 Å². The fourth-order valence-corrected chi connectivity index (χ4v) is 4.85. The Morgan fingerprint density at radius 1 is 1.22 bits per heavy atom. The van der Waals surface area contributed by atoms with Crippen LogP contribution in [0.15, 0.2) is 24.3 Å². The summed E-state index contributed by atoms with van der Waals surface area (Å²) in [6, 6.07) is 6.82. The largest absolute Gasteiger partial charge is 0.396 e. The van der Waals surface area contributed by atoms with Crippen molar-refractivity contribution >= 4 is 21.4 Å². The minimum absolute atomic E-state index is 0.353. The smallest absolute Gasteiger partial charge is 0.151 e. The van der Waals surface area contributed by atoms with E-state index in [1.54, 1.807) is 24.3 Å². The first-order valence-electron chi connectivity index (χ1n) is 5.53. The molecule has 0 heterocycles. The molecule has 1 saturated carbocycles. The normalized spacial score (nSPS) is 26.0. The molecule has 0 radical (unpaired) electrons. The molecule has 0 unspecified atom stereocenters. The van der Waals surface area contributed by atoms with Crippen molar-refractivity contribution in [2.75, 3.05) is 19.5 Å². The predicted molar refractivity (Wildman–Crippen MR) is 69.4 cm³/mol. The fraction of sp³-hybridized carbons (Fsp3) is 0.500. The molecule has 0 aromatic heterocycles. The predicted octanol–water partition coefficient (Wildman–Crippen LogP) is 0.821. The van der Waals surface area contributed by atoms with Crippen molar-refractivity contribution in [1.29, 1.82) is 0 Å². The Balaban J connectivity index is 2.41. The summed E-state index contributed by atoms with van der Waals surface area (Å²) in [7, 11) is -3.32. The topological polar surface area (TPSA) is 74.6 Å². The maximum absolute atomic E-state index is 11.7. The van der Waals surface area contributed by atoms with E-state index in [0.717, 1.165) is 11.8 Å². The van der Waals surface area contributed by atoms with Gasteiger partial charge in [0.15, 0.2) is 9.84 Å². The summed E-state index contributed by atoms with van der Waals surface area (Å²) in [5, 5.41) is 18.7. The SMILES string of the molecule is CS(=O)(=O)[C@@H]1[C@H](c2ccc(Cl)cc2)C1(CO)CO. The van der Waals surface area contributed by atoms with Crippen molar-refractivity contribution in [3.05, 3.63) is 34.9 Å². The second-order valence-corrected chi connectivity index (χ2v) is 7.43. The van der Waals surface area contributed by atoms with Crippen molar-refractivity contribution in [2.45, 2.75) is 11.2 Å². The molecular formula is C12H15ClO4S. The number of aliphatic hydroxyl groups excluding tert-OH is 2. The molecule has 1 aliphatic carbocycles. The van der Waals surface area contributed by atoms with E-state index in [2.05, 4.69) is 0 Å². The molecule has 1 aromatic carbocycles. The van der Waals surface area contributed by atoms with Gasteiger partial charge in [-0.3, -0.25) is 0 Å². The van der Waals surface area contributed by atoms with Crippen LogP contribution < -0.4 is 0 Å². The van der Waals surface area contributed by atoms with Crippen LogP contribution in [-0.4, -0.2) is 43.4 Å². The van der Waals surface area contributed by atoms with Crippen LogP contribution in [0, 0.1) is 5.41 Å². The first-order valence-corrected chi connectivity index (χ1v) is 7.86. The Labute approximate surface area is 111 Å². The van der Waals surface area contributed by atoms with E-state index in [4.69, 9.17) is 11.6 Å². The minimum atomic E-state index is -3.32. The molecule has 0 amide bonds. The van der Waals surface area contributed by atoms with E-state index in [1.807, 2.05) is 0 Å². The average molecular weight is 291 g/mol. The molecule has 2 N–H and O–H groups in total. The van der Waals surface area contributed by atoms with E-state index in [1.165, 1.54) is 0 Å². The average Bonchev–Trinajstić information content (AvgIpc) is 3.00. The van der Waals surface area contributed by atoms with Gasteiger partial charge < -0.3 is 10.2 Å². The summed E-state index contributed by atoms with van der Waals surface area (Å²) < 4.78 is 23.5. The lowest BCUT2D eigenvalue weighted by Gasteiger charge is -2.10. The second kappa shape index (κ2) is 4.49. The lowest BCUT2D eigenvalue weighted by atomic mass is 10.0. The second-order valence-electron chi connectivity index (χ2n) is 4.83. The van der Waals surface area contributed by atoms with Gasteiger partial charge >= 0.3 is 0 Å². The highest BCUT2D eigenvalue weighted by Gasteiger charge is 2.69. The number of hydrogen-bond acceptors (Lipinski definition) is 4. The quantitative estimate of drug-likeness (QED) is 0.861. The highest BCUT2D eigenvalue weighted by Crippen LogP contribution is 2.62. The fourth-order valence-electron chi connectivity index (χ4n) is 2.73. The molecule has 0 bridgehead atoms. The molecule has 1 aromatic rings. The van der Waals surface area contributed by atoms with Crippen molar-refractivity contribution in [3.63, 3.8) is 0 Å². The zero-order valence-corrected chi connectivity index (χ0v) is 11.4. The summed E-state index contributed by atoms with van der Waals surface area (Å²) in [4.78, 5) is 0. The van der Waals surface area contributed by atoms with Gasteiger partial charge in [0.2, 0.25) is 0 Å². The van der Waals surface area contributed by atoms with Gasteiger partial charge in [-0.2, -0.15) is 0 Å². The van der Waals surface area contributed by atoms with Gasteiger partial charge in [0.25, 0.3) is 0 Å². The molecule has 1 fully saturated rings. The summed E-state index contributed by atoms with van der Waals surface area (Å²) in [5.41, 5.74) is -0.195.